The number of aromatic nitrogens is 3. The quantitative estimate of drug-likeness (QED) is 0.495. The molecule has 4 rings (SSSR count). The van der Waals surface area contributed by atoms with E-state index in [9.17, 15) is 4.79 Å². The zero-order valence-corrected chi connectivity index (χ0v) is 16.2. The van der Waals surface area contributed by atoms with Gasteiger partial charge in [0.1, 0.15) is 12.1 Å². The standard InChI is InChI=1S/C18H13BrClN5O2/c19-12-7-14(27-9-12)17-23-16-6-11(5-15(21)25(16)24-17)18(26)22-8-10-3-1-2-4-13(10)20/h1-7,9H,8,21H2,(H,22,26). The lowest BCUT2D eigenvalue weighted by atomic mass is 10.2. The van der Waals surface area contributed by atoms with E-state index in [2.05, 4.69) is 31.3 Å². The Labute approximate surface area is 167 Å². The largest absolute Gasteiger partial charge is 0.460 e. The molecule has 9 heteroatoms. The number of fused-ring (bicyclic) bond motifs is 1. The van der Waals surface area contributed by atoms with Crippen molar-refractivity contribution in [3.05, 3.63) is 69.3 Å². The van der Waals surface area contributed by atoms with Gasteiger partial charge in [0.15, 0.2) is 11.4 Å². The Bertz CT molecular complexity index is 1150. The average Bonchev–Trinajstić information content (AvgIpc) is 3.27. The second-order valence-electron chi connectivity index (χ2n) is 5.78. The molecule has 0 fully saturated rings. The normalized spacial score (nSPS) is 11.0. The van der Waals surface area contributed by atoms with Crippen LogP contribution >= 0.6 is 27.5 Å². The summed E-state index contributed by atoms with van der Waals surface area (Å²) in [6.45, 7) is 0.307. The summed E-state index contributed by atoms with van der Waals surface area (Å²) in [5.74, 6) is 0.880. The van der Waals surface area contributed by atoms with Crippen molar-refractivity contribution < 1.29 is 9.21 Å². The second kappa shape index (κ2) is 7.05. The van der Waals surface area contributed by atoms with Gasteiger partial charge in [-0.15, -0.1) is 5.10 Å². The van der Waals surface area contributed by atoms with Crippen LogP contribution in [0.3, 0.4) is 0 Å². The first-order chi connectivity index (χ1) is 13.0. The van der Waals surface area contributed by atoms with Gasteiger partial charge in [0.05, 0.1) is 4.47 Å². The molecule has 3 aromatic heterocycles. The van der Waals surface area contributed by atoms with E-state index >= 15 is 0 Å². The predicted molar refractivity (Wildman–Crippen MR) is 105 cm³/mol. The molecule has 27 heavy (non-hydrogen) atoms. The number of benzene rings is 1. The van der Waals surface area contributed by atoms with Crippen molar-refractivity contribution in [1.82, 2.24) is 19.9 Å². The third kappa shape index (κ3) is 3.54. The van der Waals surface area contributed by atoms with Crippen LogP contribution in [0.25, 0.3) is 17.2 Å². The number of pyridine rings is 1. The summed E-state index contributed by atoms with van der Waals surface area (Å²) in [4.78, 5) is 16.9. The fraction of sp³-hybridized carbons (Fsp3) is 0.0556. The highest BCUT2D eigenvalue weighted by Gasteiger charge is 2.15. The molecule has 0 bridgehead atoms. The summed E-state index contributed by atoms with van der Waals surface area (Å²) in [7, 11) is 0. The molecule has 0 aliphatic carbocycles. The monoisotopic (exact) mass is 445 g/mol. The number of nitrogens with zero attached hydrogens (tertiary/aromatic N) is 3. The van der Waals surface area contributed by atoms with Crippen molar-refractivity contribution in [2.45, 2.75) is 6.54 Å². The Balaban J connectivity index is 1.60. The number of anilines is 1. The van der Waals surface area contributed by atoms with E-state index in [1.807, 2.05) is 18.2 Å². The summed E-state index contributed by atoms with van der Waals surface area (Å²) in [6.07, 6.45) is 1.54. The molecule has 3 heterocycles. The van der Waals surface area contributed by atoms with Crippen molar-refractivity contribution in [1.29, 1.82) is 0 Å². The minimum absolute atomic E-state index is 0.283. The van der Waals surface area contributed by atoms with E-state index in [0.29, 0.717) is 40.2 Å². The third-order valence-corrected chi connectivity index (χ3v) is 4.70. The number of carbonyl (C=O) groups excluding carboxylic acids is 1. The molecule has 1 amide bonds. The van der Waals surface area contributed by atoms with Crippen LogP contribution in [-0.2, 0) is 6.54 Å². The molecule has 0 aliphatic heterocycles. The SMILES string of the molecule is Nc1cc(C(=O)NCc2ccccc2Cl)cc2nc(-c3cc(Br)co3)nn12. The molecule has 7 nitrogen and oxygen atoms in total. The Morgan fingerprint density at radius 2 is 2.11 bits per heavy atom. The number of amides is 1. The summed E-state index contributed by atoms with van der Waals surface area (Å²) < 4.78 is 7.61. The fourth-order valence-corrected chi connectivity index (χ4v) is 3.10. The van der Waals surface area contributed by atoms with E-state index in [-0.39, 0.29) is 5.91 Å². The molecule has 1 aromatic carbocycles. The van der Waals surface area contributed by atoms with E-state index in [4.69, 9.17) is 21.8 Å². The summed E-state index contributed by atoms with van der Waals surface area (Å²) >= 11 is 9.43. The lowest BCUT2D eigenvalue weighted by Crippen LogP contribution is -2.23. The highest BCUT2D eigenvalue weighted by atomic mass is 79.9. The molecule has 0 unspecified atom stereocenters. The summed E-state index contributed by atoms with van der Waals surface area (Å²) in [5, 5.41) is 7.74. The minimum atomic E-state index is -0.283. The van der Waals surface area contributed by atoms with Crippen molar-refractivity contribution in [2.24, 2.45) is 0 Å². The van der Waals surface area contributed by atoms with E-state index in [0.717, 1.165) is 10.0 Å². The highest BCUT2D eigenvalue weighted by molar-refractivity contribution is 9.10. The molecular weight excluding hydrogens is 434 g/mol. The van der Waals surface area contributed by atoms with Crippen LogP contribution in [0.2, 0.25) is 5.02 Å². The van der Waals surface area contributed by atoms with Crippen molar-refractivity contribution in [3.63, 3.8) is 0 Å². The molecule has 4 aromatic rings. The van der Waals surface area contributed by atoms with Crippen molar-refractivity contribution in [3.8, 4) is 11.6 Å². The summed E-state index contributed by atoms with van der Waals surface area (Å²) in [6, 6.07) is 12.2. The first-order valence-electron chi connectivity index (χ1n) is 7.93. The second-order valence-corrected chi connectivity index (χ2v) is 7.10. The van der Waals surface area contributed by atoms with Gasteiger partial charge in [-0.3, -0.25) is 4.79 Å². The van der Waals surface area contributed by atoms with Gasteiger partial charge in [-0.05, 0) is 39.7 Å². The van der Waals surface area contributed by atoms with E-state index in [1.165, 1.54) is 10.8 Å². The van der Waals surface area contributed by atoms with Gasteiger partial charge in [-0.25, -0.2) is 4.98 Å². The molecule has 0 aliphatic rings. The van der Waals surface area contributed by atoms with Crippen LogP contribution in [0.1, 0.15) is 15.9 Å². The number of carbonyl (C=O) groups is 1. The minimum Gasteiger partial charge on any atom is -0.460 e. The molecule has 3 N–H and O–H groups in total. The molecule has 0 atom stereocenters. The third-order valence-electron chi connectivity index (χ3n) is 3.91. The topological polar surface area (TPSA) is 98.5 Å². The highest BCUT2D eigenvalue weighted by Crippen LogP contribution is 2.24. The van der Waals surface area contributed by atoms with Gasteiger partial charge in [0.25, 0.3) is 5.91 Å². The molecule has 0 spiro atoms. The van der Waals surface area contributed by atoms with Crippen LogP contribution in [0.4, 0.5) is 5.82 Å². The lowest BCUT2D eigenvalue weighted by Gasteiger charge is -2.08. The van der Waals surface area contributed by atoms with Crippen LogP contribution < -0.4 is 11.1 Å². The van der Waals surface area contributed by atoms with Crippen molar-refractivity contribution in [2.75, 3.05) is 5.73 Å². The molecule has 136 valence electrons. The van der Waals surface area contributed by atoms with Gasteiger partial charge in [-0.2, -0.15) is 4.52 Å². The number of halogens is 2. The van der Waals surface area contributed by atoms with E-state index in [1.54, 1.807) is 24.3 Å². The number of hydrogen-bond acceptors (Lipinski definition) is 5. The van der Waals surface area contributed by atoms with Gasteiger partial charge in [0, 0.05) is 23.2 Å². The molecule has 0 saturated heterocycles. The van der Waals surface area contributed by atoms with Crippen LogP contribution in [0.15, 0.2) is 57.6 Å². The molecular formula is C18H13BrClN5O2. The Kier molecular flexibility index (Phi) is 4.59. The zero-order chi connectivity index (χ0) is 19.0. The number of nitrogens with two attached hydrogens (primary N) is 1. The average molecular weight is 447 g/mol. The zero-order valence-electron chi connectivity index (χ0n) is 13.8. The van der Waals surface area contributed by atoms with E-state index < -0.39 is 0 Å². The Morgan fingerprint density at radius 1 is 1.30 bits per heavy atom. The number of nitrogen functional groups attached to an aromatic ring is 1. The van der Waals surface area contributed by atoms with Crippen molar-refractivity contribution >= 4 is 44.9 Å². The first-order valence-corrected chi connectivity index (χ1v) is 9.10. The Morgan fingerprint density at radius 3 is 2.85 bits per heavy atom. The smallest absolute Gasteiger partial charge is 0.251 e. The van der Waals surface area contributed by atoms with Crippen LogP contribution in [-0.4, -0.2) is 20.5 Å². The number of furan rings is 1. The number of hydrogen-bond donors (Lipinski definition) is 2. The van der Waals surface area contributed by atoms with Crippen LogP contribution in [0.5, 0.6) is 0 Å². The summed E-state index contributed by atoms with van der Waals surface area (Å²) in [5.41, 5.74) is 7.70. The predicted octanol–water partition coefficient (Wildman–Crippen LogP) is 3.92. The molecule has 0 radical (unpaired) electrons. The van der Waals surface area contributed by atoms with Crippen LogP contribution in [0, 0.1) is 0 Å². The first kappa shape index (κ1) is 17.6. The maximum Gasteiger partial charge on any atom is 0.251 e. The Hall–Kier alpha value is -2.84. The van der Waals surface area contributed by atoms with Gasteiger partial charge < -0.3 is 15.5 Å². The molecule has 0 saturated carbocycles. The maximum absolute atomic E-state index is 12.5. The fourth-order valence-electron chi connectivity index (χ4n) is 2.59. The maximum atomic E-state index is 12.5. The van der Waals surface area contributed by atoms with Gasteiger partial charge >= 0.3 is 0 Å². The lowest BCUT2D eigenvalue weighted by molar-refractivity contribution is 0.0951. The number of nitrogens with one attached hydrogen (secondary N) is 1. The number of rotatable bonds is 4. The van der Waals surface area contributed by atoms with Gasteiger partial charge in [-0.1, -0.05) is 29.8 Å². The van der Waals surface area contributed by atoms with Gasteiger partial charge in [0.2, 0.25) is 5.82 Å².